The number of allylic oxidation sites excluding steroid dienone is 2. The highest BCUT2D eigenvalue weighted by molar-refractivity contribution is 5.70. The fourth-order valence-corrected chi connectivity index (χ4v) is 5.32. The van der Waals surface area contributed by atoms with Crippen molar-refractivity contribution >= 4 is 11.9 Å². The fraction of sp³-hybridized carbons (Fsp3) is 0.742. The highest BCUT2D eigenvalue weighted by Crippen LogP contribution is 2.37. The topological polar surface area (TPSA) is 135 Å². The quantitative estimate of drug-likeness (QED) is 0.157. The van der Waals surface area contributed by atoms with Crippen LogP contribution < -0.4 is 0 Å². The summed E-state index contributed by atoms with van der Waals surface area (Å²) in [7, 11) is 1.69. The number of rotatable bonds is 10. The summed E-state index contributed by atoms with van der Waals surface area (Å²) in [6.07, 6.45) is 6.42. The van der Waals surface area contributed by atoms with Crippen LogP contribution in [0.5, 0.6) is 0 Å². The molecule has 11 atom stereocenters. The normalized spacial score (nSPS) is 36.0. The number of carbonyl (C=O) groups is 2. The van der Waals surface area contributed by atoms with Gasteiger partial charge < -0.3 is 34.3 Å². The van der Waals surface area contributed by atoms with E-state index in [9.17, 15) is 24.9 Å². The molecule has 0 saturated carbocycles. The van der Waals surface area contributed by atoms with Crippen molar-refractivity contribution in [3.63, 3.8) is 0 Å². The van der Waals surface area contributed by atoms with Crippen molar-refractivity contribution in [3.8, 4) is 0 Å². The Labute approximate surface area is 239 Å². The maximum atomic E-state index is 12.6. The molecule has 0 aliphatic carbocycles. The number of carbonyl (C=O) groups excluding carboxylic acids is 2. The number of aliphatic hydroxyl groups excluding tert-OH is 2. The molecule has 2 aliphatic heterocycles. The van der Waals surface area contributed by atoms with Gasteiger partial charge in [-0.15, -0.1) is 0 Å². The summed E-state index contributed by atoms with van der Waals surface area (Å²) in [5.74, 6) is -1.39. The van der Waals surface area contributed by atoms with Gasteiger partial charge in [-0.3, -0.25) is 9.59 Å². The van der Waals surface area contributed by atoms with Crippen LogP contribution in [0.25, 0.3) is 0 Å². The smallest absolute Gasteiger partial charge is 0.309 e. The van der Waals surface area contributed by atoms with E-state index in [1.54, 1.807) is 26.2 Å². The number of hydrogen-bond donors (Lipinski definition) is 3. The van der Waals surface area contributed by atoms with Crippen molar-refractivity contribution in [2.24, 2.45) is 17.8 Å². The minimum atomic E-state index is -1.42. The molecule has 1 saturated heterocycles. The average Bonchev–Trinajstić information content (AvgIpc) is 3.68. The van der Waals surface area contributed by atoms with Crippen molar-refractivity contribution in [2.45, 2.75) is 122 Å². The molecule has 2 rings (SSSR count). The number of esters is 2. The molecule has 0 unspecified atom stereocenters. The molecule has 0 aromatic rings. The van der Waals surface area contributed by atoms with Gasteiger partial charge in [0.25, 0.3) is 0 Å². The van der Waals surface area contributed by atoms with Crippen molar-refractivity contribution in [1.29, 1.82) is 0 Å². The number of epoxide rings is 1. The summed E-state index contributed by atoms with van der Waals surface area (Å²) < 4.78 is 22.5. The van der Waals surface area contributed by atoms with Crippen LogP contribution >= 0.6 is 0 Å². The lowest BCUT2D eigenvalue weighted by Crippen LogP contribution is -2.42. The standard InChI is InChI=1S/C31H50O9/c1-9-24(37-8)21(5)29-30(40-29)27(35)18(2)11-10-12-19(3)28-20(4)13-14-25(38-22(6)32)31(7,36)16-15-23(33)17-26(34)39-28/h10-14,18,20-21,23-25,27-30,33,35-36H,9,15-17H2,1-8H3/b11-10+,14-13+,19-12+/t18-,20+,21-,23-,24+,25+,27+,28-,29+,30+,31-/m1/s1. The van der Waals surface area contributed by atoms with Gasteiger partial charge in [-0.05, 0) is 44.8 Å². The zero-order chi connectivity index (χ0) is 30.2. The third-order valence-electron chi connectivity index (χ3n) is 8.09. The van der Waals surface area contributed by atoms with E-state index < -0.39 is 42.0 Å². The lowest BCUT2D eigenvalue weighted by Gasteiger charge is -2.32. The number of aliphatic hydroxyl groups is 3. The summed E-state index contributed by atoms with van der Waals surface area (Å²) in [6.45, 7) is 12.6. The average molecular weight is 567 g/mol. The predicted molar refractivity (Wildman–Crippen MR) is 151 cm³/mol. The van der Waals surface area contributed by atoms with Gasteiger partial charge in [0.2, 0.25) is 0 Å². The molecule has 0 amide bonds. The minimum absolute atomic E-state index is 0.0387. The van der Waals surface area contributed by atoms with Crippen LogP contribution in [0.15, 0.2) is 36.0 Å². The summed E-state index contributed by atoms with van der Waals surface area (Å²) in [5, 5.41) is 32.2. The summed E-state index contributed by atoms with van der Waals surface area (Å²) in [5.41, 5.74) is -0.666. The van der Waals surface area contributed by atoms with Crippen molar-refractivity contribution in [3.05, 3.63) is 36.0 Å². The van der Waals surface area contributed by atoms with E-state index in [0.29, 0.717) is 0 Å². The number of ether oxygens (including phenoxy) is 4. The number of hydrogen-bond acceptors (Lipinski definition) is 9. The van der Waals surface area contributed by atoms with Gasteiger partial charge in [0.15, 0.2) is 0 Å². The number of methoxy groups -OCH3 is 1. The van der Waals surface area contributed by atoms with Crippen LogP contribution in [0.4, 0.5) is 0 Å². The van der Waals surface area contributed by atoms with E-state index in [1.165, 1.54) is 6.92 Å². The van der Waals surface area contributed by atoms with Crippen molar-refractivity contribution < 1.29 is 43.9 Å². The lowest BCUT2D eigenvalue weighted by atomic mass is 9.88. The van der Waals surface area contributed by atoms with Crippen molar-refractivity contribution in [1.82, 2.24) is 0 Å². The molecular formula is C31H50O9. The molecule has 9 nitrogen and oxygen atoms in total. The first-order valence-electron chi connectivity index (χ1n) is 14.4. The van der Waals surface area contributed by atoms with Gasteiger partial charge >= 0.3 is 11.9 Å². The van der Waals surface area contributed by atoms with Gasteiger partial charge in [0, 0.05) is 31.8 Å². The van der Waals surface area contributed by atoms with Gasteiger partial charge in [-0.1, -0.05) is 52.0 Å². The van der Waals surface area contributed by atoms with Crippen LogP contribution in [-0.4, -0.2) is 82.7 Å². The number of cyclic esters (lactones) is 1. The summed E-state index contributed by atoms with van der Waals surface area (Å²) in [4.78, 5) is 24.3. The molecule has 0 bridgehead atoms. The van der Waals surface area contributed by atoms with Crippen LogP contribution in [0.3, 0.4) is 0 Å². The predicted octanol–water partition coefficient (Wildman–Crippen LogP) is 3.65. The van der Waals surface area contributed by atoms with E-state index in [0.717, 1.165) is 12.0 Å². The van der Waals surface area contributed by atoms with Gasteiger partial charge in [0.05, 0.1) is 30.8 Å². The Balaban J connectivity index is 2.16. The molecule has 0 aromatic heterocycles. The highest BCUT2D eigenvalue weighted by Gasteiger charge is 2.50. The zero-order valence-corrected chi connectivity index (χ0v) is 25.3. The summed E-state index contributed by atoms with van der Waals surface area (Å²) >= 11 is 0. The van der Waals surface area contributed by atoms with E-state index >= 15 is 0 Å². The summed E-state index contributed by atoms with van der Waals surface area (Å²) in [6, 6.07) is 0. The van der Waals surface area contributed by atoms with Crippen molar-refractivity contribution in [2.75, 3.05) is 7.11 Å². The lowest BCUT2D eigenvalue weighted by molar-refractivity contribution is -0.157. The fourth-order valence-electron chi connectivity index (χ4n) is 5.32. The van der Waals surface area contributed by atoms with Crippen LogP contribution in [0.1, 0.15) is 74.1 Å². The van der Waals surface area contributed by atoms with E-state index in [-0.39, 0.29) is 55.3 Å². The molecule has 2 heterocycles. The van der Waals surface area contributed by atoms with Gasteiger partial charge in [-0.25, -0.2) is 0 Å². The second kappa shape index (κ2) is 15.3. The van der Waals surface area contributed by atoms with Crippen LogP contribution in [0, 0.1) is 17.8 Å². The Hall–Kier alpha value is -2.04. The molecule has 228 valence electrons. The third-order valence-corrected chi connectivity index (χ3v) is 8.09. The maximum Gasteiger partial charge on any atom is 0.309 e. The van der Waals surface area contributed by atoms with E-state index in [4.69, 9.17) is 18.9 Å². The largest absolute Gasteiger partial charge is 0.457 e. The first kappa shape index (κ1) is 34.2. The highest BCUT2D eigenvalue weighted by atomic mass is 16.6. The zero-order valence-electron chi connectivity index (χ0n) is 25.3. The molecule has 0 aromatic carbocycles. The first-order valence-corrected chi connectivity index (χ1v) is 14.4. The second-order valence-electron chi connectivity index (χ2n) is 11.7. The Bertz CT molecular complexity index is 920. The Morgan fingerprint density at radius 1 is 1.25 bits per heavy atom. The molecular weight excluding hydrogens is 516 g/mol. The molecule has 40 heavy (non-hydrogen) atoms. The Kier molecular flexibility index (Phi) is 13.0. The van der Waals surface area contributed by atoms with E-state index in [2.05, 4.69) is 13.8 Å². The maximum absolute atomic E-state index is 12.6. The minimum Gasteiger partial charge on any atom is -0.457 e. The first-order chi connectivity index (χ1) is 18.7. The SMILES string of the molecule is CC[C@H](OC)[C@@H](C)[C@@H]1O[C@H]1[C@@H](O)[C@H](C)/C=C/C=C(\C)[C@H]1OC(=O)C[C@H](O)CC[C@@](C)(O)[C@@H](OC(C)=O)/C=C/[C@@H]1C. The second-order valence-corrected chi connectivity index (χ2v) is 11.7. The monoisotopic (exact) mass is 566 g/mol. The molecule has 0 spiro atoms. The Morgan fingerprint density at radius 3 is 2.52 bits per heavy atom. The molecule has 0 radical (unpaired) electrons. The molecule has 2 aliphatic rings. The van der Waals surface area contributed by atoms with E-state index in [1.807, 2.05) is 39.0 Å². The van der Waals surface area contributed by atoms with Gasteiger partial charge in [0.1, 0.15) is 23.9 Å². The van der Waals surface area contributed by atoms with Gasteiger partial charge in [-0.2, -0.15) is 0 Å². The van der Waals surface area contributed by atoms with Crippen LogP contribution in [-0.2, 0) is 28.5 Å². The third kappa shape index (κ3) is 9.80. The van der Waals surface area contributed by atoms with Crippen LogP contribution in [0.2, 0.25) is 0 Å². The Morgan fingerprint density at radius 2 is 1.93 bits per heavy atom. The molecule has 1 fully saturated rings. The molecule has 3 N–H and O–H groups in total. The molecule has 9 heteroatoms.